The fourth-order valence-corrected chi connectivity index (χ4v) is 1.75. The monoisotopic (exact) mass is 302 g/mol. The summed E-state index contributed by atoms with van der Waals surface area (Å²) < 4.78 is 50.1. The summed E-state index contributed by atoms with van der Waals surface area (Å²) in [7, 11) is 0. The lowest BCUT2D eigenvalue weighted by Crippen LogP contribution is -2.10. The Labute approximate surface area is 116 Å². The van der Waals surface area contributed by atoms with Crippen LogP contribution in [-0.2, 0) is 6.18 Å². The lowest BCUT2D eigenvalue weighted by atomic mass is 10.1. The van der Waals surface area contributed by atoms with E-state index in [9.17, 15) is 17.6 Å². The maximum Gasteiger partial charge on any atom is 0.434 e. The average Bonchev–Trinajstić information content (AvgIpc) is 2.37. The Morgan fingerprint density at radius 1 is 1.15 bits per heavy atom. The standard InChI is InChI=1S/C13H7ClF4N2/c1-7(8-2-4-9(15)5-3-8)11-12(14)20-10(6-19-11)13(16,17)18/h2-6H,1H2. The van der Waals surface area contributed by atoms with Crippen molar-refractivity contribution in [2.75, 3.05) is 0 Å². The van der Waals surface area contributed by atoms with Crippen LogP contribution < -0.4 is 0 Å². The van der Waals surface area contributed by atoms with Crippen LogP contribution in [0.4, 0.5) is 17.6 Å². The number of alkyl halides is 3. The highest BCUT2D eigenvalue weighted by molar-refractivity contribution is 6.31. The maximum atomic E-state index is 12.8. The molecule has 2 aromatic rings. The van der Waals surface area contributed by atoms with Crippen molar-refractivity contribution in [2.45, 2.75) is 6.18 Å². The molecule has 0 unspecified atom stereocenters. The molecule has 0 aliphatic rings. The van der Waals surface area contributed by atoms with Crippen molar-refractivity contribution in [3.8, 4) is 0 Å². The fourth-order valence-electron chi connectivity index (χ4n) is 1.49. The molecular formula is C13H7ClF4N2. The first-order valence-corrected chi connectivity index (χ1v) is 5.72. The quantitative estimate of drug-likeness (QED) is 0.771. The molecule has 0 aliphatic heterocycles. The van der Waals surface area contributed by atoms with Crippen LogP contribution in [0.5, 0.6) is 0 Å². The van der Waals surface area contributed by atoms with Gasteiger partial charge in [0.25, 0.3) is 0 Å². The first-order chi connectivity index (χ1) is 9.29. The Hall–Kier alpha value is -1.95. The van der Waals surface area contributed by atoms with Gasteiger partial charge in [-0.05, 0) is 17.7 Å². The molecular weight excluding hydrogens is 296 g/mol. The molecule has 20 heavy (non-hydrogen) atoms. The molecule has 0 atom stereocenters. The van der Waals surface area contributed by atoms with Crippen molar-refractivity contribution in [2.24, 2.45) is 0 Å². The number of rotatable bonds is 2. The minimum Gasteiger partial charge on any atom is -0.251 e. The summed E-state index contributed by atoms with van der Waals surface area (Å²) in [4.78, 5) is 6.89. The van der Waals surface area contributed by atoms with Crippen LogP contribution in [0.3, 0.4) is 0 Å². The summed E-state index contributed by atoms with van der Waals surface area (Å²) >= 11 is 5.70. The first kappa shape index (κ1) is 14.5. The Kier molecular flexibility index (Phi) is 3.76. The van der Waals surface area contributed by atoms with Crippen LogP contribution in [-0.4, -0.2) is 9.97 Å². The van der Waals surface area contributed by atoms with Crippen molar-refractivity contribution in [1.29, 1.82) is 0 Å². The number of hydrogen-bond donors (Lipinski definition) is 0. The van der Waals surface area contributed by atoms with E-state index in [1.807, 2.05) is 0 Å². The van der Waals surface area contributed by atoms with Crippen molar-refractivity contribution in [3.05, 3.63) is 65.0 Å². The van der Waals surface area contributed by atoms with E-state index in [4.69, 9.17) is 11.6 Å². The molecule has 104 valence electrons. The van der Waals surface area contributed by atoms with Gasteiger partial charge in [-0.3, -0.25) is 4.98 Å². The lowest BCUT2D eigenvalue weighted by molar-refractivity contribution is -0.141. The molecule has 2 nitrogen and oxygen atoms in total. The Morgan fingerprint density at radius 2 is 1.75 bits per heavy atom. The number of halogens is 5. The third-order valence-electron chi connectivity index (χ3n) is 2.50. The van der Waals surface area contributed by atoms with Gasteiger partial charge in [-0.25, -0.2) is 9.37 Å². The summed E-state index contributed by atoms with van der Waals surface area (Å²) in [5, 5.41) is -0.408. The Bertz CT molecular complexity index is 650. The van der Waals surface area contributed by atoms with E-state index >= 15 is 0 Å². The topological polar surface area (TPSA) is 25.8 Å². The molecule has 0 bridgehead atoms. The summed E-state index contributed by atoms with van der Waals surface area (Å²) in [5.41, 5.74) is -0.414. The zero-order valence-corrected chi connectivity index (χ0v) is 10.6. The second-order valence-corrected chi connectivity index (χ2v) is 4.24. The predicted molar refractivity (Wildman–Crippen MR) is 66.6 cm³/mol. The normalized spacial score (nSPS) is 11.4. The van der Waals surface area contributed by atoms with Gasteiger partial charge in [0.05, 0.1) is 6.20 Å². The second kappa shape index (κ2) is 5.20. The van der Waals surface area contributed by atoms with E-state index in [0.29, 0.717) is 11.8 Å². The van der Waals surface area contributed by atoms with E-state index in [1.165, 1.54) is 24.3 Å². The summed E-state index contributed by atoms with van der Waals surface area (Å²) in [6.07, 6.45) is -4.04. The van der Waals surface area contributed by atoms with E-state index in [-0.39, 0.29) is 11.3 Å². The molecule has 0 fully saturated rings. The SMILES string of the molecule is C=C(c1ccc(F)cc1)c1ncc(C(F)(F)F)nc1Cl. The second-order valence-electron chi connectivity index (χ2n) is 3.88. The summed E-state index contributed by atoms with van der Waals surface area (Å²) in [6.45, 7) is 3.69. The number of aromatic nitrogens is 2. The van der Waals surface area contributed by atoms with Crippen LogP contribution in [0.2, 0.25) is 5.15 Å². The van der Waals surface area contributed by atoms with Gasteiger partial charge in [0.2, 0.25) is 0 Å². The van der Waals surface area contributed by atoms with Gasteiger partial charge in [0.15, 0.2) is 10.8 Å². The van der Waals surface area contributed by atoms with Gasteiger partial charge in [-0.1, -0.05) is 30.3 Å². The van der Waals surface area contributed by atoms with Crippen molar-refractivity contribution < 1.29 is 17.6 Å². The Morgan fingerprint density at radius 3 is 2.25 bits per heavy atom. The van der Waals surface area contributed by atoms with E-state index < -0.39 is 22.8 Å². The van der Waals surface area contributed by atoms with Gasteiger partial charge in [-0.15, -0.1) is 0 Å². The van der Waals surface area contributed by atoms with Crippen molar-refractivity contribution in [1.82, 2.24) is 9.97 Å². The Balaban J connectivity index is 2.38. The number of hydrogen-bond acceptors (Lipinski definition) is 2. The summed E-state index contributed by atoms with van der Waals surface area (Å²) in [6, 6.07) is 5.25. The molecule has 0 radical (unpaired) electrons. The number of nitrogens with zero attached hydrogens (tertiary/aromatic N) is 2. The zero-order chi connectivity index (χ0) is 14.9. The molecule has 1 aromatic carbocycles. The highest BCUT2D eigenvalue weighted by atomic mass is 35.5. The third-order valence-corrected chi connectivity index (χ3v) is 2.76. The molecule has 0 aliphatic carbocycles. The predicted octanol–water partition coefficient (Wildman–Crippen LogP) is 4.35. The molecule has 0 spiro atoms. The highest BCUT2D eigenvalue weighted by Crippen LogP contribution is 2.31. The first-order valence-electron chi connectivity index (χ1n) is 5.34. The molecule has 0 saturated carbocycles. The van der Waals surface area contributed by atoms with Gasteiger partial charge < -0.3 is 0 Å². The van der Waals surface area contributed by atoms with Gasteiger partial charge in [0.1, 0.15) is 11.5 Å². The average molecular weight is 303 g/mol. The van der Waals surface area contributed by atoms with Crippen LogP contribution in [0.1, 0.15) is 17.0 Å². The molecule has 2 rings (SSSR count). The molecule has 1 heterocycles. The lowest BCUT2D eigenvalue weighted by Gasteiger charge is -2.10. The molecule has 0 saturated heterocycles. The molecule has 7 heteroatoms. The van der Waals surface area contributed by atoms with E-state index in [2.05, 4.69) is 16.5 Å². The van der Waals surface area contributed by atoms with Crippen molar-refractivity contribution >= 4 is 17.2 Å². The summed E-state index contributed by atoms with van der Waals surface area (Å²) in [5.74, 6) is -0.439. The van der Waals surface area contributed by atoms with Crippen LogP contribution in [0.15, 0.2) is 37.0 Å². The van der Waals surface area contributed by atoms with Crippen LogP contribution in [0.25, 0.3) is 5.57 Å². The van der Waals surface area contributed by atoms with Gasteiger partial charge in [-0.2, -0.15) is 13.2 Å². The highest BCUT2D eigenvalue weighted by Gasteiger charge is 2.33. The third kappa shape index (κ3) is 2.96. The minimum absolute atomic E-state index is 0.0197. The molecule has 1 aromatic heterocycles. The van der Waals surface area contributed by atoms with E-state index in [0.717, 1.165) is 0 Å². The van der Waals surface area contributed by atoms with Gasteiger partial charge >= 0.3 is 6.18 Å². The fraction of sp³-hybridized carbons (Fsp3) is 0.0769. The van der Waals surface area contributed by atoms with E-state index in [1.54, 1.807) is 0 Å². The van der Waals surface area contributed by atoms with Crippen LogP contribution >= 0.6 is 11.6 Å². The van der Waals surface area contributed by atoms with Crippen molar-refractivity contribution in [3.63, 3.8) is 0 Å². The minimum atomic E-state index is -4.62. The molecule has 0 N–H and O–H groups in total. The largest absolute Gasteiger partial charge is 0.434 e. The smallest absolute Gasteiger partial charge is 0.251 e. The number of benzene rings is 1. The maximum absolute atomic E-state index is 12.8. The van der Waals surface area contributed by atoms with Crippen LogP contribution in [0, 0.1) is 5.82 Å². The zero-order valence-electron chi connectivity index (χ0n) is 9.88. The van der Waals surface area contributed by atoms with Gasteiger partial charge in [0, 0.05) is 5.57 Å². The molecule has 0 amide bonds.